The van der Waals surface area contributed by atoms with Gasteiger partial charge < -0.3 is 5.32 Å². The maximum absolute atomic E-state index is 4.45. The molecule has 3 heterocycles. The highest BCUT2D eigenvalue weighted by molar-refractivity contribution is 5.67. The molecule has 6 heteroatoms. The van der Waals surface area contributed by atoms with Crippen LogP contribution in [0.3, 0.4) is 0 Å². The van der Waals surface area contributed by atoms with E-state index in [2.05, 4.69) is 27.4 Å². The Balaban J connectivity index is 1.86. The molecule has 0 saturated carbocycles. The van der Waals surface area contributed by atoms with Crippen LogP contribution in [0.15, 0.2) is 24.7 Å². The third-order valence-corrected chi connectivity index (χ3v) is 3.28. The zero-order valence-electron chi connectivity index (χ0n) is 12.0. The standard InChI is InChI=1S/C14H18N6/c1-4-12-11(9-19(3)18-12)8-16-14-13-7-10(2)17-20(13)6-5-15-14/h5-7,9H,4,8H2,1-3H3,(H,15,16). The van der Waals surface area contributed by atoms with E-state index in [1.807, 2.05) is 41.6 Å². The fraction of sp³-hybridized carbons (Fsp3) is 0.357. The zero-order valence-corrected chi connectivity index (χ0v) is 12.0. The van der Waals surface area contributed by atoms with Crippen molar-refractivity contribution in [2.75, 3.05) is 5.32 Å². The summed E-state index contributed by atoms with van der Waals surface area (Å²) in [5.41, 5.74) is 4.30. The molecule has 104 valence electrons. The fourth-order valence-corrected chi connectivity index (χ4v) is 2.39. The smallest absolute Gasteiger partial charge is 0.152 e. The largest absolute Gasteiger partial charge is 0.364 e. The summed E-state index contributed by atoms with van der Waals surface area (Å²) in [6.07, 6.45) is 6.59. The first-order valence-electron chi connectivity index (χ1n) is 6.73. The van der Waals surface area contributed by atoms with Crippen LogP contribution in [0.2, 0.25) is 0 Å². The molecular formula is C14H18N6. The monoisotopic (exact) mass is 270 g/mol. The zero-order chi connectivity index (χ0) is 14.1. The molecule has 6 nitrogen and oxygen atoms in total. The highest BCUT2D eigenvalue weighted by Gasteiger charge is 2.08. The molecule has 0 unspecified atom stereocenters. The predicted molar refractivity (Wildman–Crippen MR) is 77.6 cm³/mol. The van der Waals surface area contributed by atoms with Gasteiger partial charge in [0.25, 0.3) is 0 Å². The van der Waals surface area contributed by atoms with Crippen LogP contribution in [-0.4, -0.2) is 24.4 Å². The van der Waals surface area contributed by atoms with E-state index in [1.165, 1.54) is 5.56 Å². The molecule has 3 aromatic heterocycles. The minimum Gasteiger partial charge on any atom is -0.364 e. The van der Waals surface area contributed by atoms with Gasteiger partial charge in [0, 0.05) is 37.7 Å². The molecule has 0 fully saturated rings. The summed E-state index contributed by atoms with van der Waals surface area (Å²) in [7, 11) is 1.95. The van der Waals surface area contributed by atoms with Crippen LogP contribution in [0.5, 0.6) is 0 Å². The Morgan fingerprint density at radius 1 is 1.30 bits per heavy atom. The molecule has 0 bridgehead atoms. The summed E-state index contributed by atoms with van der Waals surface area (Å²) in [5.74, 6) is 0.846. The van der Waals surface area contributed by atoms with Crippen LogP contribution < -0.4 is 5.32 Å². The van der Waals surface area contributed by atoms with Gasteiger partial charge in [-0.15, -0.1) is 0 Å². The van der Waals surface area contributed by atoms with Crippen LogP contribution >= 0.6 is 0 Å². The quantitative estimate of drug-likeness (QED) is 0.787. The van der Waals surface area contributed by atoms with Gasteiger partial charge in [0.2, 0.25) is 0 Å². The van der Waals surface area contributed by atoms with E-state index in [0.717, 1.165) is 29.1 Å². The second kappa shape index (κ2) is 4.96. The lowest BCUT2D eigenvalue weighted by molar-refractivity contribution is 0.746. The second-order valence-corrected chi connectivity index (χ2v) is 4.87. The van der Waals surface area contributed by atoms with Crippen LogP contribution in [0.4, 0.5) is 5.82 Å². The van der Waals surface area contributed by atoms with E-state index in [-0.39, 0.29) is 0 Å². The van der Waals surface area contributed by atoms with Crippen molar-refractivity contribution in [2.24, 2.45) is 7.05 Å². The molecule has 0 atom stereocenters. The first kappa shape index (κ1) is 12.7. The second-order valence-electron chi connectivity index (χ2n) is 4.87. The number of fused-ring (bicyclic) bond motifs is 1. The van der Waals surface area contributed by atoms with Gasteiger partial charge in [-0.05, 0) is 19.4 Å². The average molecular weight is 270 g/mol. The fourth-order valence-electron chi connectivity index (χ4n) is 2.39. The molecule has 3 aromatic rings. The SMILES string of the molecule is CCc1nn(C)cc1CNc1nccn2nc(C)cc12. The minimum absolute atomic E-state index is 0.716. The summed E-state index contributed by atoms with van der Waals surface area (Å²) < 4.78 is 3.70. The summed E-state index contributed by atoms with van der Waals surface area (Å²) in [6.45, 7) is 4.81. The Morgan fingerprint density at radius 3 is 2.95 bits per heavy atom. The highest BCUT2D eigenvalue weighted by atomic mass is 15.3. The molecule has 0 aromatic carbocycles. The van der Waals surface area contributed by atoms with Crippen molar-refractivity contribution in [3.63, 3.8) is 0 Å². The molecule has 0 saturated heterocycles. The van der Waals surface area contributed by atoms with Crippen molar-refractivity contribution >= 4 is 11.3 Å². The van der Waals surface area contributed by atoms with Crippen LogP contribution in [0.1, 0.15) is 23.9 Å². The van der Waals surface area contributed by atoms with Gasteiger partial charge in [0.05, 0.1) is 11.4 Å². The third-order valence-electron chi connectivity index (χ3n) is 3.28. The Labute approximate surface area is 117 Å². The van der Waals surface area contributed by atoms with Crippen molar-refractivity contribution in [3.8, 4) is 0 Å². The van der Waals surface area contributed by atoms with Gasteiger partial charge in [0.15, 0.2) is 5.82 Å². The number of aryl methyl sites for hydroxylation is 3. The molecule has 0 aliphatic heterocycles. The topological polar surface area (TPSA) is 60.0 Å². The van der Waals surface area contributed by atoms with Crippen molar-refractivity contribution in [1.29, 1.82) is 0 Å². The lowest BCUT2D eigenvalue weighted by atomic mass is 10.2. The van der Waals surface area contributed by atoms with Gasteiger partial charge in [-0.25, -0.2) is 9.50 Å². The van der Waals surface area contributed by atoms with Crippen molar-refractivity contribution < 1.29 is 0 Å². The number of rotatable bonds is 4. The highest BCUT2D eigenvalue weighted by Crippen LogP contribution is 2.16. The molecule has 0 amide bonds. The Kier molecular flexibility index (Phi) is 3.14. The van der Waals surface area contributed by atoms with Crippen molar-refractivity contribution in [2.45, 2.75) is 26.8 Å². The molecule has 0 aliphatic rings. The van der Waals surface area contributed by atoms with E-state index < -0.39 is 0 Å². The van der Waals surface area contributed by atoms with Crippen LogP contribution in [0.25, 0.3) is 5.52 Å². The normalized spacial score (nSPS) is 11.2. The number of nitrogens with one attached hydrogen (secondary N) is 1. The minimum atomic E-state index is 0.716. The first-order chi connectivity index (χ1) is 9.67. The molecule has 3 rings (SSSR count). The maximum atomic E-state index is 4.45. The predicted octanol–water partition coefficient (Wildman–Crippen LogP) is 1.95. The molecule has 0 spiro atoms. The van der Waals surface area contributed by atoms with Gasteiger partial charge in [0.1, 0.15) is 5.52 Å². The number of hydrogen-bond acceptors (Lipinski definition) is 4. The average Bonchev–Trinajstić information content (AvgIpc) is 2.97. The van der Waals surface area contributed by atoms with E-state index in [4.69, 9.17) is 0 Å². The lowest BCUT2D eigenvalue weighted by Crippen LogP contribution is -2.04. The molecule has 1 N–H and O–H groups in total. The van der Waals surface area contributed by atoms with Gasteiger partial charge in [-0.2, -0.15) is 10.2 Å². The number of hydrogen-bond donors (Lipinski definition) is 1. The van der Waals surface area contributed by atoms with E-state index in [0.29, 0.717) is 6.54 Å². The summed E-state index contributed by atoms with van der Waals surface area (Å²) in [6, 6.07) is 2.03. The van der Waals surface area contributed by atoms with Crippen molar-refractivity contribution in [1.82, 2.24) is 24.4 Å². The number of nitrogens with zero attached hydrogens (tertiary/aromatic N) is 5. The maximum Gasteiger partial charge on any atom is 0.152 e. The Hall–Kier alpha value is -2.37. The summed E-state index contributed by atoms with van der Waals surface area (Å²) in [4.78, 5) is 4.40. The number of aromatic nitrogens is 5. The van der Waals surface area contributed by atoms with Crippen LogP contribution in [-0.2, 0) is 20.0 Å². The molecule has 20 heavy (non-hydrogen) atoms. The number of anilines is 1. The van der Waals surface area contributed by atoms with E-state index in [9.17, 15) is 0 Å². The Morgan fingerprint density at radius 2 is 2.15 bits per heavy atom. The van der Waals surface area contributed by atoms with Gasteiger partial charge in [-0.3, -0.25) is 4.68 Å². The molecular weight excluding hydrogens is 252 g/mol. The lowest BCUT2D eigenvalue weighted by Gasteiger charge is -2.06. The summed E-state index contributed by atoms with van der Waals surface area (Å²) in [5, 5.41) is 12.2. The van der Waals surface area contributed by atoms with Gasteiger partial charge in [-0.1, -0.05) is 6.92 Å². The Bertz CT molecular complexity index is 739. The van der Waals surface area contributed by atoms with Gasteiger partial charge >= 0.3 is 0 Å². The van der Waals surface area contributed by atoms with E-state index >= 15 is 0 Å². The summed E-state index contributed by atoms with van der Waals surface area (Å²) >= 11 is 0. The van der Waals surface area contributed by atoms with E-state index in [1.54, 1.807) is 6.20 Å². The molecule has 0 aliphatic carbocycles. The third kappa shape index (κ3) is 2.24. The molecule has 0 radical (unpaired) electrons. The van der Waals surface area contributed by atoms with Crippen molar-refractivity contribution in [3.05, 3.63) is 41.6 Å². The first-order valence-corrected chi connectivity index (χ1v) is 6.73. The van der Waals surface area contributed by atoms with Crippen LogP contribution in [0, 0.1) is 6.92 Å².